The summed E-state index contributed by atoms with van der Waals surface area (Å²) in [6, 6.07) is 9.87. The van der Waals surface area contributed by atoms with Gasteiger partial charge in [0.2, 0.25) is 23.6 Å². The van der Waals surface area contributed by atoms with Gasteiger partial charge in [-0.05, 0) is 61.6 Å². The Morgan fingerprint density at radius 1 is 0.925 bits per heavy atom. The van der Waals surface area contributed by atoms with Crippen LogP contribution < -0.4 is 19.4 Å². The van der Waals surface area contributed by atoms with Crippen LogP contribution in [0.5, 0.6) is 11.5 Å². The summed E-state index contributed by atoms with van der Waals surface area (Å²) in [6.45, 7) is 1.63. The first kappa shape index (κ1) is 35.5. The van der Waals surface area contributed by atoms with Gasteiger partial charge < -0.3 is 14.7 Å². The van der Waals surface area contributed by atoms with Gasteiger partial charge in [0, 0.05) is 32.1 Å². The summed E-state index contributed by atoms with van der Waals surface area (Å²) in [5.41, 5.74) is -2.41. The maximum absolute atomic E-state index is 14.6. The highest BCUT2D eigenvalue weighted by molar-refractivity contribution is 6.32. The molecule has 3 aromatic carbocycles. The number of ether oxygens (including phenoxy) is 1. The molecule has 3 fully saturated rings. The fourth-order valence-corrected chi connectivity index (χ4v) is 9.02. The average molecular weight is 748 g/mol. The number of phenolic OH excluding ortho intramolecular Hbond substituents is 1. The van der Waals surface area contributed by atoms with E-state index >= 15 is 0 Å². The van der Waals surface area contributed by atoms with E-state index in [-0.39, 0.29) is 46.4 Å². The number of imide groups is 2. The number of rotatable bonds is 7. The molecule has 0 spiro atoms. The summed E-state index contributed by atoms with van der Waals surface area (Å²) >= 11 is 6.06. The van der Waals surface area contributed by atoms with Gasteiger partial charge in [-0.25, -0.2) is 14.2 Å². The Balaban J connectivity index is 1.37. The smallest absolute Gasteiger partial charge is 0.301 e. The van der Waals surface area contributed by atoms with E-state index in [0.717, 1.165) is 28.0 Å². The van der Waals surface area contributed by atoms with E-state index in [1.165, 1.54) is 50.4 Å². The zero-order valence-corrected chi connectivity index (χ0v) is 29.4. The van der Waals surface area contributed by atoms with E-state index in [4.69, 9.17) is 16.3 Å². The second-order valence-corrected chi connectivity index (χ2v) is 14.4. The standard InChI is InChI=1S/C36H31ClFN5O10/c1-36-22(33(46)41(35(36)48)17-6-9-24(38)23(37)12-17)15-21-19(30(36)16-5-10-27(44)28(11-16)53-4)7-8-20-29(21)34(47)40(32(20)45)18-13-25(42(49)50)31(39(2)3)26(14-18)43(51)52/h5-7,9-14,20-22,29-30,44H,8,15H2,1-4H3. The molecule has 0 bridgehead atoms. The number of benzene rings is 3. The second kappa shape index (κ2) is 12.4. The van der Waals surface area contributed by atoms with Crippen molar-refractivity contribution in [1.29, 1.82) is 0 Å². The number of hydrogen-bond acceptors (Lipinski definition) is 11. The minimum absolute atomic E-state index is 0.0173. The van der Waals surface area contributed by atoms with Crippen molar-refractivity contribution in [3.05, 3.63) is 96.8 Å². The van der Waals surface area contributed by atoms with Crippen molar-refractivity contribution in [1.82, 2.24) is 0 Å². The molecule has 17 heteroatoms. The van der Waals surface area contributed by atoms with Crippen molar-refractivity contribution in [3.63, 3.8) is 0 Å². The summed E-state index contributed by atoms with van der Waals surface area (Å²) < 4.78 is 19.5. The van der Waals surface area contributed by atoms with Crippen molar-refractivity contribution in [2.45, 2.75) is 25.7 Å². The largest absolute Gasteiger partial charge is 0.504 e. The molecule has 4 amide bonds. The molecule has 4 aliphatic rings. The SMILES string of the molecule is COc1cc(C2C3=CCC4C(=O)N(c5cc([N+](=O)[O-])c(N(C)C)c([N+](=O)[O-])c5)C(=O)C4C3CC3C(=O)N(c4ccc(F)c(Cl)c4)C(=O)C32C)ccc1O. The first-order chi connectivity index (χ1) is 25.0. The normalized spacial score (nSPS) is 26.2. The van der Waals surface area contributed by atoms with Crippen LogP contribution >= 0.6 is 11.6 Å². The summed E-state index contributed by atoms with van der Waals surface area (Å²) in [4.78, 5) is 83.0. The number of carbonyl (C=O) groups is 4. The van der Waals surface area contributed by atoms with Crippen molar-refractivity contribution in [2.75, 3.05) is 35.9 Å². The Bertz CT molecular complexity index is 2190. The van der Waals surface area contributed by atoms with Crippen LogP contribution in [0.15, 0.2) is 60.2 Å². The predicted octanol–water partition coefficient (Wildman–Crippen LogP) is 5.51. The van der Waals surface area contributed by atoms with E-state index < -0.39 is 85.7 Å². The maximum Gasteiger partial charge on any atom is 0.301 e. The van der Waals surface area contributed by atoms with Crippen LogP contribution in [0.3, 0.4) is 0 Å². The monoisotopic (exact) mass is 747 g/mol. The summed E-state index contributed by atoms with van der Waals surface area (Å²) in [6.07, 6.45) is 1.72. The van der Waals surface area contributed by atoms with Gasteiger partial charge in [-0.15, -0.1) is 0 Å². The van der Waals surface area contributed by atoms with Crippen LogP contribution in [-0.2, 0) is 19.2 Å². The molecular formula is C36H31ClFN5O10. The molecule has 1 N–H and O–H groups in total. The summed E-state index contributed by atoms with van der Waals surface area (Å²) in [5.74, 6) is -8.42. The van der Waals surface area contributed by atoms with Crippen LogP contribution in [0.4, 0.5) is 32.8 Å². The number of amides is 4. The number of anilines is 3. The Labute approximate surface area is 305 Å². The number of methoxy groups -OCH3 is 1. The summed E-state index contributed by atoms with van der Waals surface area (Å²) in [7, 11) is 4.13. The second-order valence-electron chi connectivity index (χ2n) is 13.9. The number of carbonyl (C=O) groups excluding carboxylic acids is 4. The van der Waals surface area contributed by atoms with E-state index in [1.54, 1.807) is 19.1 Å². The van der Waals surface area contributed by atoms with Crippen molar-refractivity contribution in [3.8, 4) is 11.5 Å². The molecule has 1 saturated carbocycles. The highest BCUT2D eigenvalue weighted by Gasteiger charge is 2.67. The van der Waals surface area contributed by atoms with E-state index in [0.29, 0.717) is 11.1 Å². The van der Waals surface area contributed by atoms with Gasteiger partial charge in [0.25, 0.3) is 0 Å². The number of halogens is 2. The number of hydrogen-bond donors (Lipinski definition) is 1. The molecule has 274 valence electrons. The van der Waals surface area contributed by atoms with Crippen molar-refractivity contribution < 1.29 is 43.3 Å². The molecule has 0 aromatic heterocycles. The van der Waals surface area contributed by atoms with Gasteiger partial charge in [0.05, 0.1) is 56.5 Å². The Morgan fingerprint density at radius 3 is 2.17 bits per heavy atom. The van der Waals surface area contributed by atoms with Crippen LogP contribution in [0.2, 0.25) is 5.02 Å². The lowest BCUT2D eigenvalue weighted by Crippen LogP contribution is -2.48. The third-order valence-corrected chi connectivity index (χ3v) is 11.4. The Hall–Kier alpha value is -5.90. The molecule has 6 atom stereocenters. The topological polar surface area (TPSA) is 194 Å². The molecule has 3 aromatic rings. The highest BCUT2D eigenvalue weighted by Crippen LogP contribution is 2.64. The van der Waals surface area contributed by atoms with Crippen LogP contribution in [0.1, 0.15) is 31.2 Å². The number of aromatic hydroxyl groups is 1. The van der Waals surface area contributed by atoms with Gasteiger partial charge in [0.15, 0.2) is 17.2 Å². The lowest BCUT2D eigenvalue weighted by molar-refractivity contribution is -0.392. The van der Waals surface area contributed by atoms with Gasteiger partial charge >= 0.3 is 11.4 Å². The Kier molecular flexibility index (Phi) is 8.28. The number of nitro groups is 2. The maximum atomic E-state index is 14.6. The fourth-order valence-electron chi connectivity index (χ4n) is 8.85. The van der Waals surface area contributed by atoms with Gasteiger partial charge in [-0.3, -0.25) is 39.4 Å². The highest BCUT2D eigenvalue weighted by atomic mass is 35.5. The zero-order valence-electron chi connectivity index (χ0n) is 28.6. The third kappa shape index (κ3) is 5.06. The zero-order chi connectivity index (χ0) is 38.4. The van der Waals surface area contributed by atoms with Crippen LogP contribution in [-0.4, -0.2) is 59.8 Å². The summed E-state index contributed by atoms with van der Waals surface area (Å²) in [5, 5.41) is 34.4. The molecule has 15 nitrogen and oxygen atoms in total. The lowest BCUT2D eigenvalue weighted by Gasteiger charge is -2.49. The minimum atomic E-state index is -1.48. The lowest BCUT2D eigenvalue weighted by atomic mass is 9.51. The molecule has 7 rings (SSSR count). The van der Waals surface area contributed by atoms with Gasteiger partial charge in [-0.1, -0.05) is 29.3 Å². The Morgan fingerprint density at radius 2 is 1.58 bits per heavy atom. The molecule has 2 aliphatic heterocycles. The van der Waals surface area contributed by atoms with Gasteiger partial charge in [-0.2, -0.15) is 0 Å². The molecule has 53 heavy (non-hydrogen) atoms. The molecule has 6 unspecified atom stereocenters. The fraction of sp³-hybridized carbons (Fsp3) is 0.333. The molecule has 2 saturated heterocycles. The van der Waals surface area contributed by atoms with E-state index in [2.05, 4.69) is 0 Å². The number of fused-ring (bicyclic) bond motifs is 4. The van der Waals surface area contributed by atoms with E-state index in [1.807, 2.05) is 0 Å². The minimum Gasteiger partial charge on any atom is -0.504 e. The first-order valence-electron chi connectivity index (χ1n) is 16.4. The predicted molar refractivity (Wildman–Crippen MR) is 187 cm³/mol. The number of phenols is 1. The van der Waals surface area contributed by atoms with E-state index in [9.17, 15) is 48.9 Å². The van der Waals surface area contributed by atoms with Crippen LogP contribution in [0.25, 0.3) is 0 Å². The number of nitrogens with zero attached hydrogens (tertiary/aromatic N) is 5. The number of allylic oxidation sites excluding steroid dienone is 2. The average Bonchev–Trinajstić information content (AvgIpc) is 3.48. The molecular weight excluding hydrogens is 717 g/mol. The molecule has 2 aliphatic carbocycles. The first-order valence-corrected chi connectivity index (χ1v) is 16.8. The molecule has 0 radical (unpaired) electrons. The van der Waals surface area contributed by atoms with Crippen molar-refractivity contribution >= 4 is 63.7 Å². The van der Waals surface area contributed by atoms with Crippen molar-refractivity contribution in [2.24, 2.45) is 29.1 Å². The number of nitro benzene ring substituents is 2. The quantitative estimate of drug-likeness (QED) is 0.139. The van der Waals surface area contributed by atoms with Gasteiger partial charge in [0.1, 0.15) is 5.82 Å². The van der Waals surface area contributed by atoms with Crippen LogP contribution in [0, 0.1) is 55.1 Å². The molecule has 2 heterocycles. The third-order valence-electron chi connectivity index (χ3n) is 11.1.